The third-order valence-electron chi connectivity index (χ3n) is 5.40. The molecule has 0 aliphatic rings. The van der Waals surface area contributed by atoms with Crippen LogP contribution in [0.2, 0.25) is 0 Å². The molecule has 0 aliphatic carbocycles. The van der Waals surface area contributed by atoms with E-state index in [9.17, 15) is 0 Å². The van der Waals surface area contributed by atoms with E-state index in [1.807, 2.05) is 0 Å². The molecular formula is C30H50. The van der Waals surface area contributed by atoms with Crippen molar-refractivity contribution in [2.45, 2.75) is 120 Å². The van der Waals surface area contributed by atoms with Crippen LogP contribution in [0.5, 0.6) is 0 Å². The summed E-state index contributed by atoms with van der Waals surface area (Å²) in [6.07, 6.45) is 26.2. The molecule has 0 saturated heterocycles. The van der Waals surface area contributed by atoms with Crippen molar-refractivity contribution in [3.63, 3.8) is 0 Å². The number of rotatable bonds is 15. The lowest BCUT2D eigenvalue weighted by Crippen LogP contribution is -1.82. The summed E-state index contributed by atoms with van der Waals surface area (Å²) >= 11 is 0. The minimum atomic E-state index is 1.17. The smallest absolute Gasteiger partial charge is 0.0288 e. The summed E-state index contributed by atoms with van der Waals surface area (Å²) < 4.78 is 0. The SMILES string of the molecule is CC(C)=CCCC(C)=CCC/C(C)=C/CCC=C(C)CC/C=C(\C)CCC=C(C)C. The van der Waals surface area contributed by atoms with Crippen molar-refractivity contribution in [3.8, 4) is 0 Å². The maximum atomic E-state index is 2.43. The molecule has 0 fully saturated rings. The van der Waals surface area contributed by atoms with Gasteiger partial charge in [0.05, 0.1) is 0 Å². The fourth-order valence-electron chi connectivity index (χ4n) is 3.34. The molecule has 0 amide bonds. The van der Waals surface area contributed by atoms with Gasteiger partial charge in [0.15, 0.2) is 0 Å². The van der Waals surface area contributed by atoms with Gasteiger partial charge in [-0.05, 0) is 120 Å². The van der Waals surface area contributed by atoms with Crippen molar-refractivity contribution in [1.29, 1.82) is 0 Å². The molecule has 0 aromatic heterocycles. The van der Waals surface area contributed by atoms with Gasteiger partial charge in [0.25, 0.3) is 0 Å². The van der Waals surface area contributed by atoms with Gasteiger partial charge in [-0.15, -0.1) is 0 Å². The summed E-state index contributed by atoms with van der Waals surface area (Å²) in [4.78, 5) is 0. The largest absolute Gasteiger partial charge is 0.0856 e. The first-order valence-corrected chi connectivity index (χ1v) is 12.1. The molecule has 0 unspecified atom stereocenters. The summed E-state index contributed by atoms with van der Waals surface area (Å²) in [7, 11) is 0. The van der Waals surface area contributed by atoms with Gasteiger partial charge in [-0.1, -0.05) is 69.9 Å². The predicted molar refractivity (Wildman–Crippen MR) is 140 cm³/mol. The molecule has 0 aromatic carbocycles. The molecule has 170 valence electrons. The van der Waals surface area contributed by atoms with Gasteiger partial charge in [-0.2, -0.15) is 0 Å². The Balaban J connectivity index is 4.05. The monoisotopic (exact) mass is 410 g/mol. The fraction of sp³-hybridized carbons (Fsp3) is 0.600. The summed E-state index contributed by atoms with van der Waals surface area (Å²) in [5.41, 5.74) is 8.97. The number of allylic oxidation sites excluding steroid dienone is 12. The van der Waals surface area contributed by atoms with Crippen LogP contribution in [0.4, 0.5) is 0 Å². The molecule has 0 aromatic rings. The van der Waals surface area contributed by atoms with Gasteiger partial charge < -0.3 is 0 Å². The van der Waals surface area contributed by atoms with Crippen LogP contribution in [0.3, 0.4) is 0 Å². The lowest BCUT2D eigenvalue weighted by Gasteiger charge is -2.02. The van der Waals surface area contributed by atoms with E-state index in [0.717, 1.165) is 0 Å². The van der Waals surface area contributed by atoms with Gasteiger partial charge >= 0.3 is 0 Å². The second-order valence-corrected chi connectivity index (χ2v) is 9.50. The van der Waals surface area contributed by atoms with Gasteiger partial charge in [0.1, 0.15) is 0 Å². The van der Waals surface area contributed by atoms with E-state index < -0.39 is 0 Å². The van der Waals surface area contributed by atoms with E-state index in [1.54, 1.807) is 0 Å². The molecule has 0 bridgehead atoms. The second kappa shape index (κ2) is 18.2. The average Bonchev–Trinajstić information content (AvgIpc) is 2.64. The van der Waals surface area contributed by atoms with Gasteiger partial charge in [0.2, 0.25) is 0 Å². The molecule has 0 rings (SSSR count). The van der Waals surface area contributed by atoms with Gasteiger partial charge in [-0.25, -0.2) is 0 Å². The maximum absolute atomic E-state index is 2.43. The van der Waals surface area contributed by atoms with Crippen LogP contribution in [0.15, 0.2) is 69.9 Å². The zero-order chi connectivity index (χ0) is 22.8. The van der Waals surface area contributed by atoms with Gasteiger partial charge in [0, 0.05) is 0 Å². The van der Waals surface area contributed by atoms with E-state index in [4.69, 9.17) is 0 Å². The first-order chi connectivity index (χ1) is 14.2. The highest BCUT2D eigenvalue weighted by molar-refractivity contribution is 5.08. The lowest BCUT2D eigenvalue weighted by atomic mass is 10.0. The predicted octanol–water partition coefficient (Wildman–Crippen LogP) is 10.6. The normalized spacial score (nSPS) is 13.5. The van der Waals surface area contributed by atoms with Gasteiger partial charge in [-0.3, -0.25) is 0 Å². The van der Waals surface area contributed by atoms with Crippen molar-refractivity contribution in [2.75, 3.05) is 0 Å². The average molecular weight is 411 g/mol. The number of hydrogen-bond donors (Lipinski definition) is 0. The van der Waals surface area contributed by atoms with Crippen molar-refractivity contribution < 1.29 is 0 Å². The third kappa shape index (κ3) is 19.7. The molecule has 0 spiro atoms. The number of hydrogen-bond acceptors (Lipinski definition) is 0. The van der Waals surface area contributed by atoms with E-state index in [1.165, 1.54) is 97.6 Å². The highest BCUT2D eigenvalue weighted by Gasteiger charge is 1.94. The van der Waals surface area contributed by atoms with Crippen molar-refractivity contribution in [3.05, 3.63) is 69.9 Å². The molecule has 0 atom stereocenters. The highest BCUT2D eigenvalue weighted by Crippen LogP contribution is 2.14. The Morgan fingerprint density at radius 1 is 0.333 bits per heavy atom. The summed E-state index contributed by atoms with van der Waals surface area (Å²) in [5.74, 6) is 0. The quantitative estimate of drug-likeness (QED) is 0.186. The highest BCUT2D eigenvalue weighted by atomic mass is 14.0. The Morgan fingerprint density at radius 2 is 0.567 bits per heavy atom. The summed E-state index contributed by atoms with van der Waals surface area (Å²) in [6, 6.07) is 0. The van der Waals surface area contributed by atoms with Crippen LogP contribution in [-0.2, 0) is 0 Å². The Bertz CT molecular complexity index is 578. The van der Waals surface area contributed by atoms with E-state index in [0.29, 0.717) is 0 Å². The Hall–Kier alpha value is -1.56. The minimum absolute atomic E-state index is 1.17. The van der Waals surface area contributed by atoms with Crippen molar-refractivity contribution in [1.82, 2.24) is 0 Å². The standard InChI is InChI=1S/C30H50/c1-25(2)15-11-19-29(7)23-13-21-27(5)17-9-10-18-28(6)22-14-24-30(8)20-12-16-26(3)4/h15-18,23-24H,9-14,19-22H2,1-8H3/b27-17+,28-18?,29-23?,30-24+. The van der Waals surface area contributed by atoms with Crippen molar-refractivity contribution in [2.24, 2.45) is 0 Å². The molecule has 0 saturated carbocycles. The first-order valence-electron chi connectivity index (χ1n) is 12.1. The summed E-state index contributed by atoms with van der Waals surface area (Å²) in [6.45, 7) is 17.8. The zero-order valence-corrected chi connectivity index (χ0v) is 21.5. The first kappa shape index (κ1) is 28.4. The lowest BCUT2D eigenvalue weighted by molar-refractivity contribution is 0.896. The summed E-state index contributed by atoms with van der Waals surface area (Å²) in [5, 5.41) is 0. The van der Waals surface area contributed by atoms with Crippen LogP contribution in [0.25, 0.3) is 0 Å². The Morgan fingerprint density at radius 3 is 0.833 bits per heavy atom. The molecular weight excluding hydrogens is 360 g/mol. The molecule has 0 aliphatic heterocycles. The second-order valence-electron chi connectivity index (χ2n) is 9.50. The molecule has 0 radical (unpaired) electrons. The molecule has 30 heavy (non-hydrogen) atoms. The third-order valence-corrected chi connectivity index (χ3v) is 5.40. The zero-order valence-electron chi connectivity index (χ0n) is 21.5. The molecule has 0 heterocycles. The van der Waals surface area contributed by atoms with E-state index in [2.05, 4.69) is 91.8 Å². The fourth-order valence-corrected chi connectivity index (χ4v) is 3.34. The van der Waals surface area contributed by atoms with E-state index >= 15 is 0 Å². The van der Waals surface area contributed by atoms with Crippen molar-refractivity contribution >= 4 is 0 Å². The topological polar surface area (TPSA) is 0 Å². The van der Waals surface area contributed by atoms with Crippen LogP contribution in [0.1, 0.15) is 120 Å². The molecule has 0 nitrogen and oxygen atoms in total. The minimum Gasteiger partial charge on any atom is -0.0856 e. The van der Waals surface area contributed by atoms with Crippen LogP contribution in [-0.4, -0.2) is 0 Å². The maximum Gasteiger partial charge on any atom is -0.0288 e. The molecule has 0 N–H and O–H groups in total. The van der Waals surface area contributed by atoms with Crippen LogP contribution < -0.4 is 0 Å². The van der Waals surface area contributed by atoms with E-state index in [-0.39, 0.29) is 0 Å². The Labute approximate surface area is 189 Å². The molecule has 0 heteroatoms. The van der Waals surface area contributed by atoms with Crippen LogP contribution >= 0.6 is 0 Å². The van der Waals surface area contributed by atoms with Crippen LogP contribution in [0, 0.1) is 0 Å². The Kier molecular flexibility index (Phi) is 17.3. The number of unbranched alkanes of at least 4 members (excludes halogenated alkanes) is 1.